The predicted molar refractivity (Wildman–Crippen MR) is 101 cm³/mol. The highest BCUT2D eigenvalue weighted by molar-refractivity contribution is 5.94. The largest absolute Gasteiger partial charge is 0.493 e. The average molecular weight is 362 g/mol. The lowest BCUT2D eigenvalue weighted by atomic mass is 9.98. The van der Waals surface area contributed by atoms with Crippen LogP contribution in [0.3, 0.4) is 0 Å². The van der Waals surface area contributed by atoms with E-state index in [1.807, 2.05) is 0 Å². The van der Waals surface area contributed by atoms with Gasteiger partial charge in [0.25, 0.3) is 5.91 Å². The van der Waals surface area contributed by atoms with E-state index in [4.69, 9.17) is 9.47 Å². The molecule has 0 spiro atoms. The Kier molecular flexibility index (Phi) is 7.03. The molecule has 2 rings (SSSR count). The number of carbonyl (C=O) groups excluding carboxylic acids is 2. The second-order valence-corrected chi connectivity index (χ2v) is 7.35. The van der Waals surface area contributed by atoms with Crippen molar-refractivity contribution in [1.29, 1.82) is 0 Å². The maximum atomic E-state index is 12.2. The molecule has 0 bridgehead atoms. The Morgan fingerprint density at radius 3 is 2.46 bits per heavy atom. The lowest BCUT2D eigenvalue weighted by Gasteiger charge is -2.41. The first-order chi connectivity index (χ1) is 12.3. The van der Waals surface area contributed by atoms with Crippen molar-refractivity contribution in [2.75, 3.05) is 33.4 Å². The van der Waals surface area contributed by atoms with Gasteiger partial charge in [-0.25, -0.2) is 0 Å². The molecule has 6 nitrogen and oxygen atoms in total. The molecule has 1 aromatic carbocycles. The Hall–Kier alpha value is -2.08. The Morgan fingerprint density at radius 2 is 1.85 bits per heavy atom. The number of Topliss-reactive ketones (excluding diaryl/α,β-unsaturated/α-hetero) is 1. The number of nitrogens with zero attached hydrogens (tertiary/aromatic N) is 1. The van der Waals surface area contributed by atoms with Crippen LogP contribution >= 0.6 is 0 Å². The molecule has 1 N–H and O–H groups in total. The molecule has 0 saturated carbocycles. The first-order valence-corrected chi connectivity index (χ1v) is 9.17. The molecule has 1 fully saturated rings. The topological polar surface area (TPSA) is 67.9 Å². The summed E-state index contributed by atoms with van der Waals surface area (Å²) in [6.07, 6.45) is 3.73. The standard InChI is InChI=1S/C20H30N2O4/c1-15(23)16-8-9-17(18(12-16)25-4)26-13-19(24)21-14-20(2,3)22-10-6-5-7-11-22/h8-9,12H,5-7,10-11,13-14H2,1-4H3,(H,21,24). The number of hydrogen-bond donors (Lipinski definition) is 1. The van der Waals surface area contributed by atoms with Crippen LogP contribution in [0.2, 0.25) is 0 Å². The van der Waals surface area contributed by atoms with Crippen LogP contribution in [0, 0.1) is 0 Å². The monoisotopic (exact) mass is 362 g/mol. The molecule has 1 aliphatic rings. The zero-order valence-corrected chi connectivity index (χ0v) is 16.3. The summed E-state index contributed by atoms with van der Waals surface area (Å²) in [5.74, 6) is 0.669. The van der Waals surface area contributed by atoms with E-state index in [0.29, 0.717) is 23.6 Å². The van der Waals surface area contributed by atoms with Gasteiger partial charge >= 0.3 is 0 Å². The van der Waals surface area contributed by atoms with Gasteiger partial charge in [-0.3, -0.25) is 14.5 Å². The van der Waals surface area contributed by atoms with Gasteiger partial charge in [0, 0.05) is 17.6 Å². The number of carbonyl (C=O) groups is 2. The number of amides is 1. The Balaban J connectivity index is 1.85. The zero-order valence-electron chi connectivity index (χ0n) is 16.3. The average Bonchev–Trinajstić information content (AvgIpc) is 2.65. The molecule has 1 aromatic rings. The SMILES string of the molecule is COc1cc(C(C)=O)ccc1OCC(=O)NCC(C)(C)N1CCCCC1. The van der Waals surface area contributed by atoms with Gasteiger partial charge in [0.05, 0.1) is 7.11 Å². The number of nitrogens with one attached hydrogen (secondary N) is 1. The molecule has 0 aliphatic carbocycles. The summed E-state index contributed by atoms with van der Waals surface area (Å²) in [5, 5.41) is 2.96. The number of likely N-dealkylation sites (tertiary alicyclic amines) is 1. The smallest absolute Gasteiger partial charge is 0.258 e. The van der Waals surface area contributed by atoms with Gasteiger partial charge in [0.2, 0.25) is 0 Å². The van der Waals surface area contributed by atoms with Crippen LogP contribution in [-0.2, 0) is 4.79 Å². The van der Waals surface area contributed by atoms with Crippen molar-refractivity contribution in [3.63, 3.8) is 0 Å². The fourth-order valence-electron chi connectivity index (χ4n) is 3.13. The summed E-state index contributed by atoms with van der Waals surface area (Å²) in [4.78, 5) is 26.0. The van der Waals surface area contributed by atoms with Crippen LogP contribution in [0.15, 0.2) is 18.2 Å². The third-order valence-electron chi connectivity index (χ3n) is 4.86. The van der Waals surface area contributed by atoms with Crippen molar-refractivity contribution in [3.8, 4) is 11.5 Å². The van der Waals surface area contributed by atoms with Crippen LogP contribution in [0.4, 0.5) is 0 Å². The molecule has 1 heterocycles. The van der Waals surface area contributed by atoms with Crippen molar-refractivity contribution < 1.29 is 19.1 Å². The lowest BCUT2D eigenvalue weighted by Crippen LogP contribution is -2.53. The van der Waals surface area contributed by atoms with Gasteiger partial charge in [-0.15, -0.1) is 0 Å². The second kappa shape index (κ2) is 9.03. The van der Waals surface area contributed by atoms with E-state index in [1.165, 1.54) is 33.3 Å². The minimum Gasteiger partial charge on any atom is -0.493 e. The Labute approximate surface area is 155 Å². The van der Waals surface area contributed by atoms with Crippen molar-refractivity contribution in [2.45, 2.75) is 45.6 Å². The van der Waals surface area contributed by atoms with Crippen LogP contribution < -0.4 is 14.8 Å². The highest BCUT2D eigenvalue weighted by atomic mass is 16.5. The zero-order chi connectivity index (χ0) is 19.2. The Morgan fingerprint density at radius 1 is 1.15 bits per heavy atom. The predicted octanol–water partition coefficient (Wildman–Crippen LogP) is 2.66. The second-order valence-electron chi connectivity index (χ2n) is 7.35. The fourth-order valence-corrected chi connectivity index (χ4v) is 3.13. The first-order valence-electron chi connectivity index (χ1n) is 9.17. The highest BCUT2D eigenvalue weighted by Crippen LogP contribution is 2.28. The van der Waals surface area contributed by atoms with Gasteiger partial charge in [-0.05, 0) is 64.9 Å². The summed E-state index contributed by atoms with van der Waals surface area (Å²) < 4.78 is 10.8. The van der Waals surface area contributed by atoms with E-state index in [0.717, 1.165) is 13.1 Å². The third kappa shape index (κ3) is 5.46. The number of benzene rings is 1. The molecule has 6 heteroatoms. The summed E-state index contributed by atoms with van der Waals surface area (Å²) in [6, 6.07) is 4.94. The minimum absolute atomic E-state index is 0.0486. The first kappa shape index (κ1) is 20.2. The maximum Gasteiger partial charge on any atom is 0.258 e. The van der Waals surface area contributed by atoms with E-state index in [2.05, 4.69) is 24.1 Å². The number of rotatable bonds is 8. The van der Waals surface area contributed by atoms with E-state index in [-0.39, 0.29) is 23.8 Å². The highest BCUT2D eigenvalue weighted by Gasteiger charge is 2.28. The molecule has 0 radical (unpaired) electrons. The molecule has 0 unspecified atom stereocenters. The number of piperidine rings is 1. The van der Waals surface area contributed by atoms with Crippen LogP contribution in [0.5, 0.6) is 11.5 Å². The van der Waals surface area contributed by atoms with E-state index < -0.39 is 0 Å². The molecule has 0 aromatic heterocycles. The molecule has 1 aliphatic heterocycles. The number of hydrogen-bond acceptors (Lipinski definition) is 5. The molecular formula is C20H30N2O4. The molecule has 26 heavy (non-hydrogen) atoms. The van der Waals surface area contributed by atoms with E-state index in [1.54, 1.807) is 18.2 Å². The minimum atomic E-state index is -0.173. The van der Waals surface area contributed by atoms with Gasteiger partial charge in [0.15, 0.2) is 23.9 Å². The van der Waals surface area contributed by atoms with Gasteiger partial charge in [0.1, 0.15) is 0 Å². The van der Waals surface area contributed by atoms with Crippen molar-refractivity contribution in [3.05, 3.63) is 23.8 Å². The molecule has 1 saturated heterocycles. The molecule has 1 amide bonds. The van der Waals surface area contributed by atoms with Crippen LogP contribution in [0.1, 0.15) is 50.4 Å². The number of ketones is 1. The molecule has 0 atom stereocenters. The van der Waals surface area contributed by atoms with Gasteiger partial charge in [-0.1, -0.05) is 6.42 Å². The third-order valence-corrected chi connectivity index (χ3v) is 4.86. The lowest BCUT2D eigenvalue weighted by molar-refractivity contribution is -0.123. The summed E-state index contributed by atoms with van der Waals surface area (Å²) in [6.45, 7) is 8.46. The summed E-state index contributed by atoms with van der Waals surface area (Å²) >= 11 is 0. The Bertz CT molecular complexity index is 637. The van der Waals surface area contributed by atoms with E-state index in [9.17, 15) is 9.59 Å². The fraction of sp³-hybridized carbons (Fsp3) is 0.600. The number of ether oxygens (including phenoxy) is 2. The van der Waals surface area contributed by atoms with Gasteiger partial charge < -0.3 is 14.8 Å². The van der Waals surface area contributed by atoms with Crippen molar-refractivity contribution >= 4 is 11.7 Å². The van der Waals surface area contributed by atoms with Crippen molar-refractivity contribution in [1.82, 2.24) is 10.2 Å². The quantitative estimate of drug-likeness (QED) is 0.720. The normalized spacial score (nSPS) is 15.4. The summed E-state index contributed by atoms with van der Waals surface area (Å²) in [7, 11) is 1.51. The maximum absolute atomic E-state index is 12.2. The van der Waals surface area contributed by atoms with E-state index >= 15 is 0 Å². The van der Waals surface area contributed by atoms with Crippen LogP contribution in [-0.4, -0.2) is 55.5 Å². The van der Waals surface area contributed by atoms with Crippen LogP contribution in [0.25, 0.3) is 0 Å². The molecular weight excluding hydrogens is 332 g/mol. The molecule has 144 valence electrons. The summed E-state index contributed by atoms with van der Waals surface area (Å²) in [5.41, 5.74) is 0.471. The van der Waals surface area contributed by atoms with Crippen molar-refractivity contribution in [2.24, 2.45) is 0 Å². The van der Waals surface area contributed by atoms with Gasteiger partial charge in [-0.2, -0.15) is 0 Å². The number of methoxy groups -OCH3 is 1.